The number of carbonyl (C=O) groups excluding carboxylic acids is 2. The van der Waals surface area contributed by atoms with Crippen LogP contribution in [0.1, 0.15) is 43.2 Å². The van der Waals surface area contributed by atoms with Gasteiger partial charge < -0.3 is 20.4 Å². The number of carbonyl (C=O) groups is 2. The summed E-state index contributed by atoms with van der Waals surface area (Å²) in [7, 11) is 1.48. The van der Waals surface area contributed by atoms with Gasteiger partial charge in [-0.05, 0) is 55.8 Å². The smallest absolute Gasteiger partial charge is 0.377 e. The van der Waals surface area contributed by atoms with Gasteiger partial charge in [-0.15, -0.1) is 12.4 Å². The van der Waals surface area contributed by atoms with E-state index in [0.29, 0.717) is 38.7 Å². The molecule has 0 fully saturated rings. The second-order valence-electron chi connectivity index (χ2n) is 8.40. The third-order valence-corrected chi connectivity index (χ3v) is 6.07. The first-order valence-electron chi connectivity index (χ1n) is 11.0. The van der Waals surface area contributed by atoms with Gasteiger partial charge in [0.05, 0.1) is 22.2 Å². The van der Waals surface area contributed by atoms with E-state index in [1.54, 1.807) is 32.0 Å². The summed E-state index contributed by atoms with van der Waals surface area (Å²) in [5.74, 6) is -1.09. The normalized spacial score (nSPS) is 11.2. The van der Waals surface area contributed by atoms with Gasteiger partial charge >= 0.3 is 6.18 Å². The lowest BCUT2D eigenvalue weighted by molar-refractivity contribution is -0.137. The number of alkyl halides is 3. The van der Waals surface area contributed by atoms with Crippen molar-refractivity contribution in [2.45, 2.75) is 26.6 Å². The molecule has 0 aliphatic heterocycles. The van der Waals surface area contributed by atoms with Gasteiger partial charge in [-0.1, -0.05) is 29.3 Å². The predicted molar refractivity (Wildman–Crippen MR) is 142 cm³/mol. The largest absolute Gasteiger partial charge is 0.417 e. The molecule has 4 aromatic rings. The predicted octanol–water partition coefficient (Wildman–Crippen LogP) is 6.92. The minimum atomic E-state index is -4.72. The number of hydrogen-bond acceptors (Lipinski definition) is 4. The van der Waals surface area contributed by atoms with Crippen LogP contribution in [-0.2, 0) is 17.5 Å². The molecule has 7 nitrogen and oxygen atoms in total. The third kappa shape index (κ3) is 6.09. The lowest BCUT2D eigenvalue weighted by Crippen LogP contribution is -2.19. The highest BCUT2D eigenvalue weighted by atomic mass is 35.5. The number of rotatable bonds is 6. The van der Waals surface area contributed by atoms with Crippen molar-refractivity contribution in [2.24, 2.45) is 0 Å². The maximum absolute atomic E-state index is 13.5. The Kier molecular flexibility index (Phi) is 8.71. The van der Waals surface area contributed by atoms with E-state index in [0.717, 1.165) is 6.07 Å². The molecule has 0 saturated carbocycles. The third-order valence-electron chi connectivity index (χ3n) is 5.66. The van der Waals surface area contributed by atoms with Crippen LogP contribution >= 0.6 is 24.0 Å². The number of aromatic nitrogens is 2. The van der Waals surface area contributed by atoms with Gasteiger partial charge in [-0.2, -0.15) is 13.2 Å². The number of methoxy groups -OCH3 is 1. The molecule has 0 radical (unpaired) electrons. The number of fused-ring (bicyclic) bond motifs is 1. The highest BCUT2D eigenvalue weighted by Crippen LogP contribution is 2.33. The molecule has 12 heteroatoms. The summed E-state index contributed by atoms with van der Waals surface area (Å²) in [6.45, 7) is 3.46. The lowest BCUT2D eigenvalue weighted by atomic mass is 10.0. The monoisotopic (exact) mass is 566 g/mol. The topological polar surface area (TPSA) is 96.1 Å². The van der Waals surface area contributed by atoms with Crippen molar-refractivity contribution in [3.05, 3.63) is 87.2 Å². The highest BCUT2D eigenvalue weighted by molar-refractivity contribution is 6.31. The Labute approximate surface area is 227 Å². The number of hydrogen-bond donors (Lipinski definition) is 3. The molecule has 0 aliphatic rings. The number of halogens is 5. The summed E-state index contributed by atoms with van der Waals surface area (Å²) in [6, 6.07) is 11.2. The second-order valence-corrected chi connectivity index (χ2v) is 8.81. The number of ether oxygens (including phenoxy) is 1. The van der Waals surface area contributed by atoms with Gasteiger partial charge in [-0.3, -0.25) is 9.59 Å². The number of aromatic amines is 1. The van der Waals surface area contributed by atoms with Gasteiger partial charge in [-0.25, -0.2) is 4.98 Å². The molecule has 4 rings (SSSR count). The summed E-state index contributed by atoms with van der Waals surface area (Å²) in [5.41, 5.74) is 0.906. The molecule has 0 spiro atoms. The van der Waals surface area contributed by atoms with Crippen LogP contribution in [0.4, 0.5) is 24.5 Å². The van der Waals surface area contributed by atoms with Crippen LogP contribution < -0.4 is 10.6 Å². The minimum Gasteiger partial charge on any atom is -0.377 e. The number of nitrogens with one attached hydrogen (secondary N) is 3. The standard InChI is InChI=1S/C26H22ClF3N4O3.ClH/c1-13-7-8-18(26(28,29)30)16(9-13)24(35)31-15-10-17(23-21(11-15)32-22(34-23)12-37-3)25(36)33-20-6-4-5-19(27)14(20)2;/h4-11H,12H2,1-3H3,(H,31,35)(H,32,34)(H,33,36);1H. The van der Waals surface area contributed by atoms with Crippen molar-refractivity contribution in [3.8, 4) is 0 Å². The number of benzene rings is 3. The van der Waals surface area contributed by atoms with Gasteiger partial charge in [0, 0.05) is 23.5 Å². The molecule has 0 atom stereocenters. The van der Waals surface area contributed by atoms with Crippen LogP contribution in [0.2, 0.25) is 5.02 Å². The van der Waals surface area contributed by atoms with Crippen LogP contribution in [-0.4, -0.2) is 28.9 Å². The number of anilines is 2. The number of H-pyrrole nitrogens is 1. The molecule has 2 amide bonds. The highest BCUT2D eigenvalue weighted by Gasteiger charge is 2.35. The SMILES string of the molecule is COCc1nc2c(C(=O)Nc3cccc(Cl)c3C)cc(NC(=O)c3cc(C)ccc3C(F)(F)F)cc2[nH]1.Cl. The Hall–Kier alpha value is -3.60. The van der Waals surface area contributed by atoms with E-state index in [-0.39, 0.29) is 30.3 Å². The number of imidazole rings is 1. The van der Waals surface area contributed by atoms with E-state index in [2.05, 4.69) is 20.6 Å². The van der Waals surface area contributed by atoms with Gasteiger partial charge in [0.1, 0.15) is 17.9 Å². The van der Waals surface area contributed by atoms with Crippen LogP contribution in [0.3, 0.4) is 0 Å². The molecule has 1 heterocycles. The first-order chi connectivity index (χ1) is 17.5. The number of nitrogens with zero attached hydrogens (tertiary/aromatic N) is 1. The van der Waals surface area contributed by atoms with Gasteiger partial charge in [0.15, 0.2) is 0 Å². The summed E-state index contributed by atoms with van der Waals surface area (Å²) in [6.07, 6.45) is -4.72. The fraction of sp³-hybridized carbons (Fsp3) is 0.192. The van der Waals surface area contributed by atoms with Crippen molar-refractivity contribution < 1.29 is 27.5 Å². The average Bonchev–Trinajstić information content (AvgIpc) is 3.23. The van der Waals surface area contributed by atoms with E-state index in [1.165, 1.54) is 31.4 Å². The molecule has 3 aromatic carbocycles. The average molecular weight is 567 g/mol. The van der Waals surface area contributed by atoms with Gasteiger partial charge in [0.2, 0.25) is 0 Å². The minimum absolute atomic E-state index is 0. The van der Waals surface area contributed by atoms with Crippen molar-refractivity contribution in [2.75, 3.05) is 17.7 Å². The molecule has 3 N–H and O–H groups in total. The zero-order valence-electron chi connectivity index (χ0n) is 20.4. The Morgan fingerprint density at radius 1 is 1.03 bits per heavy atom. The molecular weight excluding hydrogens is 544 g/mol. The Bertz CT molecular complexity index is 1520. The zero-order valence-corrected chi connectivity index (χ0v) is 22.0. The van der Waals surface area contributed by atoms with E-state index >= 15 is 0 Å². The lowest BCUT2D eigenvalue weighted by Gasteiger charge is -2.14. The van der Waals surface area contributed by atoms with E-state index < -0.39 is 29.1 Å². The second kappa shape index (κ2) is 11.4. The van der Waals surface area contributed by atoms with Crippen LogP contribution in [0.15, 0.2) is 48.5 Å². The fourth-order valence-corrected chi connectivity index (χ4v) is 4.02. The fourth-order valence-electron chi connectivity index (χ4n) is 3.84. The van der Waals surface area contributed by atoms with E-state index in [1.807, 2.05) is 0 Å². The summed E-state index contributed by atoms with van der Waals surface area (Å²) < 4.78 is 45.7. The first-order valence-corrected chi connectivity index (χ1v) is 11.4. The molecule has 1 aromatic heterocycles. The summed E-state index contributed by atoms with van der Waals surface area (Å²) >= 11 is 6.16. The molecule has 0 saturated heterocycles. The Morgan fingerprint density at radius 2 is 1.74 bits per heavy atom. The molecule has 0 unspecified atom stereocenters. The Balaban J connectivity index is 0.00000400. The molecule has 38 heavy (non-hydrogen) atoms. The summed E-state index contributed by atoms with van der Waals surface area (Å²) in [5, 5.41) is 5.73. The first kappa shape index (κ1) is 29.0. The number of amides is 2. The van der Waals surface area contributed by atoms with Crippen molar-refractivity contribution in [3.63, 3.8) is 0 Å². The molecule has 200 valence electrons. The molecule has 0 aliphatic carbocycles. The van der Waals surface area contributed by atoms with Crippen molar-refractivity contribution in [1.82, 2.24) is 9.97 Å². The zero-order chi connectivity index (χ0) is 26.9. The van der Waals surface area contributed by atoms with Crippen LogP contribution in [0.25, 0.3) is 11.0 Å². The van der Waals surface area contributed by atoms with Crippen molar-refractivity contribution >= 4 is 58.2 Å². The molecule has 0 bridgehead atoms. The van der Waals surface area contributed by atoms with Crippen LogP contribution in [0.5, 0.6) is 0 Å². The molecular formula is C26H23Cl2F3N4O3. The summed E-state index contributed by atoms with van der Waals surface area (Å²) in [4.78, 5) is 33.7. The Morgan fingerprint density at radius 3 is 2.42 bits per heavy atom. The maximum Gasteiger partial charge on any atom is 0.417 e. The maximum atomic E-state index is 13.5. The van der Waals surface area contributed by atoms with E-state index in [9.17, 15) is 22.8 Å². The van der Waals surface area contributed by atoms with Crippen LogP contribution in [0, 0.1) is 13.8 Å². The van der Waals surface area contributed by atoms with E-state index in [4.69, 9.17) is 16.3 Å². The number of aryl methyl sites for hydroxylation is 1. The van der Waals surface area contributed by atoms with Crippen molar-refractivity contribution in [1.29, 1.82) is 0 Å². The quantitative estimate of drug-likeness (QED) is 0.236. The van der Waals surface area contributed by atoms with Gasteiger partial charge in [0.25, 0.3) is 11.8 Å².